The summed E-state index contributed by atoms with van der Waals surface area (Å²) in [5.41, 5.74) is 4.45. The largest absolute Gasteiger partial charge is 0.294 e. The minimum atomic E-state index is 0.0319. The quantitative estimate of drug-likeness (QED) is 0.739. The highest BCUT2D eigenvalue weighted by Crippen LogP contribution is 2.36. The van der Waals surface area contributed by atoms with Crippen molar-refractivity contribution < 1.29 is 4.79 Å². The summed E-state index contributed by atoms with van der Waals surface area (Å²) in [7, 11) is 0. The van der Waals surface area contributed by atoms with E-state index in [1.807, 2.05) is 0 Å². The number of hydrogen-bond donors (Lipinski definition) is 0. The summed E-state index contributed by atoms with van der Waals surface area (Å²) < 4.78 is 2.18. The molecule has 0 amide bonds. The first kappa shape index (κ1) is 12.1. The van der Waals surface area contributed by atoms with Gasteiger partial charge < -0.3 is 0 Å². The summed E-state index contributed by atoms with van der Waals surface area (Å²) in [6.07, 6.45) is 7.81. The lowest BCUT2D eigenvalue weighted by Crippen LogP contribution is -2.29. The van der Waals surface area contributed by atoms with Crippen LogP contribution < -0.4 is 0 Å². The van der Waals surface area contributed by atoms with Crippen LogP contribution in [0.2, 0.25) is 0 Å². The van der Waals surface area contributed by atoms with Gasteiger partial charge in [-0.25, -0.2) is 9.97 Å². The number of hydrogen-bond acceptors (Lipinski definition) is 3. The van der Waals surface area contributed by atoms with Crippen LogP contribution in [0.1, 0.15) is 60.5 Å². The third-order valence-electron chi connectivity index (χ3n) is 4.59. The number of carbonyl (C=O) groups excluding carboxylic acids is 1. The van der Waals surface area contributed by atoms with Crippen molar-refractivity contribution in [3.8, 4) is 0 Å². The van der Waals surface area contributed by atoms with Gasteiger partial charge in [0.15, 0.2) is 5.78 Å². The summed E-state index contributed by atoms with van der Waals surface area (Å²) in [5.74, 6) is 1.00. The van der Waals surface area contributed by atoms with Crippen LogP contribution in [0.5, 0.6) is 0 Å². The van der Waals surface area contributed by atoms with E-state index < -0.39 is 0 Å². The molecule has 2 aromatic heterocycles. The Balaban J connectivity index is 2.03. The van der Waals surface area contributed by atoms with Crippen molar-refractivity contribution in [1.29, 1.82) is 0 Å². The van der Waals surface area contributed by atoms with Gasteiger partial charge in [0.2, 0.25) is 5.78 Å². The predicted octanol–water partition coefficient (Wildman–Crippen LogP) is 2.76. The second kappa shape index (κ2) is 3.90. The molecule has 0 N–H and O–H groups in total. The number of imidazole rings is 1. The molecule has 0 aliphatic heterocycles. The number of aryl methyl sites for hydroxylation is 2. The van der Waals surface area contributed by atoms with Crippen LogP contribution in [-0.4, -0.2) is 20.2 Å². The molecule has 0 saturated carbocycles. The number of carbonyl (C=O) groups is 1. The molecule has 0 unspecified atom stereocenters. The van der Waals surface area contributed by atoms with Gasteiger partial charge in [-0.1, -0.05) is 13.8 Å². The fraction of sp³-hybridized carbons (Fsp3) is 0.562. The van der Waals surface area contributed by atoms with Gasteiger partial charge >= 0.3 is 0 Å². The topological polar surface area (TPSA) is 47.3 Å². The minimum absolute atomic E-state index is 0.0319. The summed E-state index contributed by atoms with van der Waals surface area (Å²) in [6.45, 7) is 4.34. The Morgan fingerprint density at radius 1 is 1.15 bits per heavy atom. The Morgan fingerprint density at radius 3 is 2.80 bits per heavy atom. The van der Waals surface area contributed by atoms with Gasteiger partial charge in [-0.3, -0.25) is 9.20 Å². The van der Waals surface area contributed by atoms with Crippen molar-refractivity contribution >= 4 is 11.6 Å². The minimum Gasteiger partial charge on any atom is -0.294 e. The monoisotopic (exact) mass is 269 g/mol. The van der Waals surface area contributed by atoms with Crippen LogP contribution in [-0.2, 0) is 19.3 Å². The summed E-state index contributed by atoms with van der Waals surface area (Å²) in [6, 6.07) is 0. The maximum atomic E-state index is 12.4. The highest BCUT2D eigenvalue weighted by atomic mass is 16.1. The van der Waals surface area contributed by atoms with E-state index in [4.69, 9.17) is 0 Å². The molecule has 0 atom stereocenters. The van der Waals surface area contributed by atoms with E-state index in [1.165, 1.54) is 24.2 Å². The smallest absolute Gasteiger partial charge is 0.234 e. The summed E-state index contributed by atoms with van der Waals surface area (Å²) in [4.78, 5) is 21.5. The van der Waals surface area contributed by atoms with E-state index in [0.29, 0.717) is 6.42 Å². The number of nitrogens with zero attached hydrogens (tertiary/aromatic N) is 3. The third kappa shape index (κ3) is 1.63. The van der Waals surface area contributed by atoms with Crippen molar-refractivity contribution in [3.05, 3.63) is 28.8 Å². The molecule has 0 fully saturated rings. The summed E-state index contributed by atoms with van der Waals surface area (Å²) >= 11 is 0. The molecule has 0 aromatic carbocycles. The van der Waals surface area contributed by atoms with Crippen molar-refractivity contribution in [2.75, 3.05) is 0 Å². The normalized spacial score (nSPS) is 20.8. The van der Waals surface area contributed by atoms with Crippen LogP contribution in [0.25, 0.3) is 5.78 Å². The van der Waals surface area contributed by atoms with E-state index in [1.54, 1.807) is 6.20 Å². The van der Waals surface area contributed by atoms with Crippen LogP contribution >= 0.6 is 0 Å². The van der Waals surface area contributed by atoms with Crippen molar-refractivity contribution in [2.24, 2.45) is 5.41 Å². The number of aromatic nitrogens is 3. The molecule has 20 heavy (non-hydrogen) atoms. The molecule has 2 aromatic rings. The van der Waals surface area contributed by atoms with E-state index in [-0.39, 0.29) is 11.2 Å². The molecule has 2 aliphatic carbocycles. The molecule has 0 spiro atoms. The van der Waals surface area contributed by atoms with Gasteiger partial charge in [0.05, 0.1) is 11.3 Å². The van der Waals surface area contributed by atoms with Gasteiger partial charge in [-0.05, 0) is 37.5 Å². The molecule has 104 valence electrons. The van der Waals surface area contributed by atoms with Crippen LogP contribution in [0.15, 0.2) is 6.20 Å². The Kier molecular flexibility index (Phi) is 2.35. The number of Topliss-reactive ketones (excluding diaryl/α,β-unsaturated/α-hetero) is 1. The number of ketones is 1. The van der Waals surface area contributed by atoms with Gasteiger partial charge in [0, 0.05) is 24.0 Å². The average Bonchev–Trinajstić information content (AvgIpc) is 2.75. The molecule has 2 aliphatic rings. The molecule has 4 rings (SSSR count). The zero-order valence-electron chi connectivity index (χ0n) is 12.1. The van der Waals surface area contributed by atoms with E-state index in [0.717, 1.165) is 36.3 Å². The lowest BCUT2D eigenvalue weighted by atomic mass is 9.76. The fourth-order valence-electron chi connectivity index (χ4n) is 3.67. The molecular weight excluding hydrogens is 250 g/mol. The second-order valence-electron chi connectivity index (χ2n) is 6.91. The molecule has 4 heteroatoms. The Morgan fingerprint density at radius 2 is 1.95 bits per heavy atom. The van der Waals surface area contributed by atoms with Crippen molar-refractivity contribution in [3.63, 3.8) is 0 Å². The standard InChI is InChI=1S/C16H19N3O/c1-16(2)7-13-10(14(20)8-16)9-17-15-18-11-5-3-4-6-12(11)19(13)15/h9H,3-8H2,1-2H3. The Hall–Kier alpha value is -1.71. The van der Waals surface area contributed by atoms with Crippen LogP contribution in [0.4, 0.5) is 0 Å². The highest BCUT2D eigenvalue weighted by Gasteiger charge is 2.34. The van der Waals surface area contributed by atoms with Gasteiger partial charge in [-0.15, -0.1) is 0 Å². The van der Waals surface area contributed by atoms with E-state index in [2.05, 4.69) is 28.2 Å². The lowest BCUT2D eigenvalue weighted by molar-refractivity contribution is 0.0909. The number of rotatable bonds is 0. The lowest BCUT2D eigenvalue weighted by Gasteiger charge is -2.30. The van der Waals surface area contributed by atoms with Gasteiger partial charge in [-0.2, -0.15) is 0 Å². The third-order valence-corrected chi connectivity index (χ3v) is 4.59. The first-order valence-electron chi connectivity index (χ1n) is 7.46. The molecule has 4 nitrogen and oxygen atoms in total. The van der Waals surface area contributed by atoms with Gasteiger partial charge in [0.25, 0.3) is 0 Å². The van der Waals surface area contributed by atoms with E-state index >= 15 is 0 Å². The number of fused-ring (bicyclic) bond motifs is 5. The first-order chi connectivity index (χ1) is 9.55. The SMILES string of the molecule is CC1(C)CC(=O)c2cnc3nc4c(n3c2C1)CCCC4. The van der Waals surface area contributed by atoms with Gasteiger partial charge in [0.1, 0.15) is 0 Å². The summed E-state index contributed by atoms with van der Waals surface area (Å²) in [5, 5.41) is 0. The molecule has 0 bridgehead atoms. The van der Waals surface area contributed by atoms with Crippen LogP contribution in [0, 0.1) is 5.41 Å². The fourth-order valence-corrected chi connectivity index (χ4v) is 3.67. The maximum Gasteiger partial charge on any atom is 0.234 e. The highest BCUT2D eigenvalue weighted by molar-refractivity contribution is 5.98. The Labute approximate surface area is 118 Å². The van der Waals surface area contributed by atoms with Crippen molar-refractivity contribution in [1.82, 2.24) is 14.4 Å². The second-order valence-corrected chi connectivity index (χ2v) is 6.91. The van der Waals surface area contributed by atoms with Crippen LogP contribution in [0.3, 0.4) is 0 Å². The average molecular weight is 269 g/mol. The zero-order valence-corrected chi connectivity index (χ0v) is 12.1. The van der Waals surface area contributed by atoms with E-state index in [9.17, 15) is 4.79 Å². The zero-order chi connectivity index (χ0) is 13.9. The Bertz CT molecular complexity index is 727. The molecule has 0 radical (unpaired) electrons. The molecule has 2 heterocycles. The first-order valence-corrected chi connectivity index (χ1v) is 7.46. The molecular formula is C16H19N3O. The maximum absolute atomic E-state index is 12.4. The predicted molar refractivity (Wildman–Crippen MR) is 76.1 cm³/mol. The molecule has 0 saturated heterocycles. The van der Waals surface area contributed by atoms with Crippen molar-refractivity contribution in [2.45, 2.75) is 52.4 Å².